The van der Waals surface area contributed by atoms with Crippen LogP contribution < -0.4 is 5.73 Å². The molecule has 4 N–H and O–H groups in total. The van der Waals surface area contributed by atoms with Crippen molar-refractivity contribution in [1.82, 2.24) is 0 Å². The van der Waals surface area contributed by atoms with Crippen LogP contribution in [0.4, 0.5) is 0 Å². The van der Waals surface area contributed by atoms with Gasteiger partial charge in [0, 0.05) is 0 Å². The van der Waals surface area contributed by atoms with Crippen LogP contribution in [0.15, 0.2) is 0 Å². The van der Waals surface area contributed by atoms with E-state index in [2.05, 4.69) is 25.4 Å². The van der Waals surface area contributed by atoms with Crippen molar-refractivity contribution in [3.05, 3.63) is 0 Å². The van der Waals surface area contributed by atoms with Gasteiger partial charge in [-0.3, -0.25) is 0 Å². The molecule has 0 aromatic rings. The number of aliphatic hydroxyl groups is 1. The molecule has 0 amide bonds. The molecule has 1 unspecified atom stereocenters. The van der Waals surface area contributed by atoms with Crippen molar-refractivity contribution in [2.75, 3.05) is 6.61 Å². The Morgan fingerprint density at radius 3 is 2.30 bits per heavy atom. The van der Waals surface area contributed by atoms with E-state index in [0.717, 1.165) is 6.04 Å². The molecule has 0 radical (unpaired) electrons. The first kappa shape index (κ1) is 10.1. The Kier molecular flexibility index (Phi) is 4.11. The van der Waals surface area contributed by atoms with E-state index in [0.29, 0.717) is 6.61 Å². The molecule has 0 aliphatic carbocycles. The summed E-state index contributed by atoms with van der Waals surface area (Å²) in [4.78, 5) is 0. The Bertz CT molecular complexity index is 90.2. The Morgan fingerprint density at radius 1 is 1.50 bits per heavy atom. The van der Waals surface area contributed by atoms with E-state index in [9.17, 15) is 0 Å². The third kappa shape index (κ3) is 8.10. The average molecular weight is 165 g/mol. The van der Waals surface area contributed by atoms with E-state index in [1.54, 1.807) is 0 Å². The summed E-state index contributed by atoms with van der Waals surface area (Å²) in [5, 5.41) is 8.63. The minimum absolute atomic E-state index is 0.652. The molecule has 10 heavy (non-hydrogen) atoms. The quantitative estimate of drug-likeness (QED) is 0.439. The molecule has 3 nitrogen and oxygen atoms in total. The molecule has 0 spiro atoms. The number of rotatable bonds is 4. The van der Waals surface area contributed by atoms with Gasteiger partial charge < -0.3 is 0 Å². The summed E-state index contributed by atoms with van der Waals surface area (Å²) in [5.41, 5.74) is 3.31. The van der Waals surface area contributed by atoms with Gasteiger partial charge in [0.15, 0.2) is 0 Å². The molecule has 0 bridgehead atoms. The molecule has 0 aromatic heterocycles. The molecule has 64 valence electrons. The summed E-state index contributed by atoms with van der Waals surface area (Å²) < 4.78 is 4.90. The van der Waals surface area contributed by atoms with E-state index in [-0.39, 0.29) is 0 Å². The molecule has 0 aromatic carbocycles. The van der Waals surface area contributed by atoms with Crippen molar-refractivity contribution in [3.8, 4) is 0 Å². The van der Waals surface area contributed by atoms with Gasteiger partial charge in [0.25, 0.3) is 0 Å². The van der Waals surface area contributed by atoms with Gasteiger partial charge >= 0.3 is 62.4 Å². The summed E-state index contributed by atoms with van der Waals surface area (Å²) in [6.45, 7) is 7.54. The summed E-state index contributed by atoms with van der Waals surface area (Å²) in [6, 6.07) is 1.11. The first-order valence-electron chi connectivity index (χ1n) is 3.83. The molecule has 0 heterocycles. The first-order chi connectivity index (χ1) is 4.42. The molecule has 0 fully saturated rings. The third-order valence-corrected chi connectivity index (χ3v) is 3.26. The topological polar surface area (TPSA) is 57.1 Å². The number of ether oxygens (including phenoxy) is 1. The fourth-order valence-electron chi connectivity index (χ4n) is 0.558. The number of hydrogen-bond acceptors (Lipinski definition) is 2. The Labute approximate surface area is 63.2 Å². The number of aliphatic hydroxyl groups excluding tert-OH is 1. The van der Waals surface area contributed by atoms with E-state index in [1.165, 1.54) is 0 Å². The fraction of sp³-hybridized carbons (Fsp3) is 1.00. The van der Waals surface area contributed by atoms with Crippen LogP contribution in [-0.2, 0) is 4.74 Å². The van der Waals surface area contributed by atoms with Gasteiger partial charge in [-0.1, -0.05) is 0 Å². The van der Waals surface area contributed by atoms with Crippen LogP contribution in [0.3, 0.4) is 0 Å². The monoisotopic (exact) mass is 165 g/mol. The van der Waals surface area contributed by atoms with Gasteiger partial charge in [-0.2, -0.15) is 0 Å². The van der Waals surface area contributed by atoms with Gasteiger partial charge in [0.2, 0.25) is 0 Å². The zero-order valence-electron chi connectivity index (χ0n) is 7.13. The minimum atomic E-state index is -1.24. The molecule has 0 saturated heterocycles. The second-order valence-electron chi connectivity index (χ2n) is 4.07. The zero-order chi connectivity index (χ0) is 8.20. The van der Waals surface area contributed by atoms with E-state index in [4.69, 9.17) is 9.84 Å². The van der Waals surface area contributed by atoms with Gasteiger partial charge in [-0.15, -0.1) is 0 Å². The van der Waals surface area contributed by atoms with Crippen molar-refractivity contribution < 1.29 is 15.6 Å². The standard InChI is InChI=1S/C6H18NO2Si/c1-10(2,3)5-4-9-6(7)8/h6,8,10H,4-5,7H2,1-3H3/q-1/p+1. The maximum absolute atomic E-state index is 8.63. The zero-order valence-corrected chi connectivity index (χ0v) is 8.29. The molecule has 0 rings (SSSR count). The van der Waals surface area contributed by atoms with Crippen LogP contribution in [0, 0.1) is 0 Å². The summed E-state index contributed by atoms with van der Waals surface area (Å²) in [7, 11) is -1.24. The molecular weight excluding hydrogens is 146 g/mol. The summed E-state index contributed by atoms with van der Waals surface area (Å²) in [5.74, 6) is 0. The van der Waals surface area contributed by atoms with Crippen molar-refractivity contribution in [3.63, 3.8) is 0 Å². The van der Waals surface area contributed by atoms with Gasteiger partial charge in [0.1, 0.15) is 0 Å². The Balaban J connectivity index is 3.21. The van der Waals surface area contributed by atoms with Crippen molar-refractivity contribution in [2.24, 2.45) is 0 Å². The van der Waals surface area contributed by atoms with Crippen molar-refractivity contribution >= 4 is 8.07 Å². The average Bonchev–Trinajstić information content (AvgIpc) is 1.59. The van der Waals surface area contributed by atoms with Gasteiger partial charge in [-0.25, -0.2) is 0 Å². The Hall–Kier alpha value is 0.0969. The van der Waals surface area contributed by atoms with Crippen LogP contribution in [0.25, 0.3) is 0 Å². The van der Waals surface area contributed by atoms with Crippen LogP contribution >= 0.6 is 0 Å². The summed E-state index contributed by atoms with van der Waals surface area (Å²) in [6.07, 6.45) is -0.846. The van der Waals surface area contributed by atoms with E-state index in [1.807, 2.05) is 0 Å². The van der Waals surface area contributed by atoms with E-state index >= 15 is 0 Å². The van der Waals surface area contributed by atoms with Crippen LogP contribution in [0.5, 0.6) is 0 Å². The predicted molar refractivity (Wildman–Crippen MR) is 44.4 cm³/mol. The second kappa shape index (κ2) is 4.08. The maximum atomic E-state index is 8.63. The van der Waals surface area contributed by atoms with Crippen molar-refractivity contribution in [1.29, 1.82) is 0 Å². The van der Waals surface area contributed by atoms with Crippen LogP contribution in [-0.4, -0.2) is 26.2 Å². The number of hydrogen-bond donors (Lipinski definition) is 2. The van der Waals surface area contributed by atoms with Crippen LogP contribution in [0.2, 0.25) is 25.7 Å². The molecule has 0 saturated carbocycles. The van der Waals surface area contributed by atoms with E-state index < -0.39 is 14.5 Å². The summed E-state index contributed by atoms with van der Waals surface area (Å²) >= 11 is 0. The Morgan fingerprint density at radius 2 is 2.00 bits per heavy atom. The fourth-order valence-corrected chi connectivity index (χ4v) is 1.40. The molecular formula is C6H19NO2Si. The second-order valence-corrected chi connectivity index (χ2v) is 10.6. The molecule has 0 aliphatic heterocycles. The number of quaternary nitrogens is 1. The normalized spacial score (nSPS) is 16.9. The first-order valence-corrected chi connectivity index (χ1v) is 8.11. The third-order valence-electron chi connectivity index (χ3n) is 1.29. The molecule has 4 heteroatoms. The van der Waals surface area contributed by atoms with Crippen LogP contribution in [0.1, 0.15) is 0 Å². The molecule has 0 aliphatic rings. The molecule has 1 atom stereocenters. The predicted octanol–water partition coefficient (Wildman–Crippen LogP) is -0.409. The van der Waals surface area contributed by atoms with Gasteiger partial charge in [-0.05, 0) is 0 Å². The van der Waals surface area contributed by atoms with Gasteiger partial charge in [0.05, 0.1) is 0 Å². The SMILES string of the molecule is C[SiH-](C)(C)CCOC([NH3+])O. The van der Waals surface area contributed by atoms with Crippen molar-refractivity contribution in [2.45, 2.75) is 32.1 Å².